The number of pyridine rings is 1. The number of amidine groups is 1. The fourth-order valence-electron chi connectivity index (χ4n) is 2.22. The molecule has 10 heteroatoms. The van der Waals surface area contributed by atoms with Crippen LogP contribution in [0.4, 0.5) is 10.1 Å². The Morgan fingerprint density at radius 1 is 1.28 bits per heavy atom. The zero-order valence-electron chi connectivity index (χ0n) is 19.0. The first-order chi connectivity index (χ1) is 15.4. The van der Waals surface area contributed by atoms with E-state index < -0.39 is 4.92 Å². The highest BCUT2D eigenvalue weighted by Gasteiger charge is 2.23. The molecule has 1 aliphatic rings. The second-order valence-electron chi connectivity index (χ2n) is 6.04. The Morgan fingerprint density at radius 2 is 1.88 bits per heavy atom. The number of hydrogen-bond acceptors (Lipinski definition) is 6. The van der Waals surface area contributed by atoms with Gasteiger partial charge in [-0.05, 0) is 40.2 Å². The van der Waals surface area contributed by atoms with Crippen molar-refractivity contribution in [3.8, 4) is 0 Å². The Labute approximate surface area is 196 Å². The summed E-state index contributed by atoms with van der Waals surface area (Å²) in [5.74, 6) is -0.321. The summed E-state index contributed by atoms with van der Waals surface area (Å²) in [5.41, 5.74) is 0.824. The maximum absolute atomic E-state index is 13.6. The molecule has 32 heavy (non-hydrogen) atoms. The lowest BCUT2D eigenvalue weighted by molar-refractivity contribution is -0.384. The van der Waals surface area contributed by atoms with Crippen LogP contribution in [0.5, 0.6) is 0 Å². The largest absolute Gasteiger partial charge is 0.465 e. The molecule has 0 bridgehead atoms. The van der Waals surface area contributed by atoms with Gasteiger partial charge < -0.3 is 10.1 Å². The van der Waals surface area contributed by atoms with E-state index in [1.807, 2.05) is 13.8 Å². The van der Waals surface area contributed by atoms with Crippen LogP contribution in [0.15, 0.2) is 46.0 Å². The van der Waals surface area contributed by atoms with Crippen LogP contribution in [0, 0.1) is 15.9 Å². The summed E-state index contributed by atoms with van der Waals surface area (Å²) in [4.78, 5) is 27.8. The van der Waals surface area contributed by atoms with E-state index in [1.54, 1.807) is 13.1 Å². The number of ether oxygens (including phenoxy) is 1. The van der Waals surface area contributed by atoms with Crippen molar-refractivity contribution in [2.24, 2.45) is 4.99 Å². The first-order valence-electron chi connectivity index (χ1n) is 10.2. The summed E-state index contributed by atoms with van der Waals surface area (Å²) in [6.07, 6.45) is 2.56. The molecule has 0 amide bonds. The molecule has 1 fully saturated rings. The zero-order chi connectivity index (χ0) is 24.5. The van der Waals surface area contributed by atoms with Crippen molar-refractivity contribution >= 4 is 33.9 Å². The van der Waals surface area contributed by atoms with Gasteiger partial charge in [-0.25, -0.2) is 14.4 Å². The molecule has 2 aromatic rings. The number of carbonyl (C=O) groups excluding carboxylic acids is 1. The molecule has 1 aliphatic heterocycles. The predicted octanol–water partition coefficient (Wildman–Crippen LogP) is 5.87. The number of nitrogens with zero attached hydrogens (tertiary/aromatic N) is 3. The average molecular weight is 513 g/mol. The lowest BCUT2D eigenvalue weighted by Gasteiger charge is -2.25. The van der Waals surface area contributed by atoms with Crippen LogP contribution in [-0.2, 0) is 4.74 Å². The van der Waals surface area contributed by atoms with Crippen molar-refractivity contribution in [3.05, 3.63) is 68.2 Å². The molecule has 2 heterocycles. The van der Waals surface area contributed by atoms with Crippen molar-refractivity contribution in [1.82, 2.24) is 10.3 Å². The number of aldehydes is 1. The number of carbonyl (C=O) groups is 1. The number of nitro groups is 1. The Kier molecular flexibility index (Phi) is 15.3. The van der Waals surface area contributed by atoms with Gasteiger partial charge in [-0.3, -0.25) is 14.9 Å². The molecular weight excluding hydrogens is 483 g/mol. The molecular formula is C22H30BrFN4O4. The third-order valence-corrected chi connectivity index (χ3v) is 4.00. The fraction of sp³-hybridized carbons (Fsp3) is 0.409. The molecule has 1 unspecified atom stereocenters. The van der Waals surface area contributed by atoms with Gasteiger partial charge in [0, 0.05) is 31.2 Å². The molecule has 1 aromatic heterocycles. The first kappa shape index (κ1) is 29.1. The van der Waals surface area contributed by atoms with Crippen LogP contribution in [-0.4, -0.2) is 35.9 Å². The van der Waals surface area contributed by atoms with Crippen LogP contribution >= 0.6 is 15.9 Å². The SMILES string of the molecule is CC.CCC.CN=C1NC(c2nc(Br)ccc2F)CCO1.O=Cc1ccc([N+](=O)[O-])cc1. The number of nitro benzene ring substituents is 1. The van der Waals surface area contributed by atoms with Crippen molar-refractivity contribution < 1.29 is 18.8 Å². The normalized spacial score (nSPS) is 15.2. The van der Waals surface area contributed by atoms with Gasteiger partial charge in [0.2, 0.25) is 0 Å². The van der Waals surface area contributed by atoms with Gasteiger partial charge in [0.1, 0.15) is 16.7 Å². The van der Waals surface area contributed by atoms with Gasteiger partial charge in [-0.1, -0.05) is 34.1 Å². The van der Waals surface area contributed by atoms with E-state index in [9.17, 15) is 19.3 Å². The number of benzene rings is 1. The van der Waals surface area contributed by atoms with E-state index in [4.69, 9.17) is 4.74 Å². The quantitative estimate of drug-likeness (QED) is 0.238. The molecule has 1 N–H and O–H groups in total. The molecule has 0 aliphatic carbocycles. The van der Waals surface area contributed by atoms with Crippen LogP contribution in [0.1, 0.15) is 62.6 Å². The van der Waals surface area contributed by atoms with Gasteiger partial charge in [0.15, 0.2) is 0 Å². The number of non-ortho nitro benzene ring substituents is 1. The topological polar surface area (TPSA) is 107 Å². The molecule has 0 spiro atoms. The minimum Gasteiger partial charge on any atom is -0.465 e. The van der Waals surface area contributed by atoms with Crippen LogP contribution < -0.4 is 5.32 Å². The van der Waals surface area contributed by atoms with E-state index in [0.29, 0.717) is 41.2 Å². The Balaban J connectivity index is 0.000000523. The molecule has 0 radical (unpaired) electrons. The number of halogens is 2. The van der Waals surface area contributed by atoms with Gasteiger partial charge in [0.25, 0.3) is 11.7 Å². The van der Waals surface area contributed by atoms with Crippen LogP contribution in [0.25, 0.3) is 0 Å². The molecule has 1 saturated heterocycles. The monoisotopic (exact) mass is 512 g/mol. The van der Waals surface area contributed by atoms with Gasteiger partial charge >= 0.3 is 0 Å². The molecule has 1 aromatic carbocycles. The summed E-state index contributed by atoms with van der Waals surface area (Å²) in [6, 6.07) is 8.62. The van der Waals surface area contributed by atoms with Gasteiger partial charge in [-0.2, -0.15) is 0 Å². The average Bonchev–Trinajstić information content (AvgIpc) is 2.83. The molecule has 8 nitrogen and oxygen atoms in total. The number of nitrogens with one attached hydrogen (secondary N) is 1. The molecule has 0 saturated carbocycles. The Morgan fingerprint density at radius 3 is 2.38 bits per heavy atom. The van der Waals surface area contributed by atoms with E-state index >= 15 is 0 Å². The van der Waals surface area contributed by atoms with E-state index in [0.717, 1.165) is 0 Å². The van der Waals surface area contributed by atoms with Gasteiger partial charge in [-0.15, -0.1) is 0 Å². The third-order valence-electron chi connectivity index (χ3n) is 3.56. The van der Waals surface area contributed by atoms with Crippen molar-refractivity contribution in [3.63, 3.8) is 0 Å². The second kappa shape index (κ2) is 16.8. The fourth-order valence-corrected chi connectivity index (χ4v) is 2.55. The number of aliphatic imine (C=N–C) groups is 1. The Hall–Kier alpha value is -2.88. The van der Waals surface area contributed by atoms with Crippen molar-refractivity contribution in [2.45, 2.75) is 46.6 Å². The summed E-state index contributed by atoms with van der Waals surface area (Å²) in [5, 5.41) is 13.1. The third kappa shape index (κ3) is 10.4. The molecule has 1 atom stereocenters. The smallest absolute Gasteiger partial charge is 0.284 e. The maximum Gasteiger partial charge on any atom is 0.284 e. The Bertz CT molecular complexity index is 864. The predicted molar refractivity (Wildman–Crippen MR) is 127 cm³/mol. The number of aromatic nitrogens is 1. The van der Waals surface area contributed by atoms with Crippen molar-refractivity contribution in [2.75, 3.05) is 13.7 Å². The van der Waals surface area contributed by atoms with E-state index in [-0.39, 0.29) is 17.5 Å². The molecule has 3 rings (SSSR count). The molecule has 176 valence electrons. The summed E-state index contributed by atoms with van der Waals surface area (Å²) < 4.78 is 19.4. The highest BCUT2D eigenvalue weighted by Crippen LogP contribution is 2.22. The zero-order valence-corrected chi connectivity index (χ0v) is 20.6. The first-order valence-corrected chi connectivity index (χ1v) is 11.0. The van der Waals surface area contributed by atoms with Crippen LogP contribution in [0.2, 0.25) is 0 Å². The van der Waals surface area contributed by atoms with Gasteiger partial charge in [0.05, 0.1) is 23.3 Å². The lowest BCUT2D eigenvalue weighted by Crippen LogP contribution is -2.37. The lowest BCUT2D eigenvalue weighted by atomic mass is 10.1. The van der Waals surface area contributed by atoms with Crippen molar-refractivity contribution in [1.29, 1.82) is 0 Å². The highest BCUT2D eigenvalue weighted by molar-refractivity contribution is 9.10. The van der Waals surface area contributed by atoms with E-state index in [1.165, 1.54) is 36.8 Å². The maximum atomic E-state index is 13.6. The summed E-state index contributed by atoms with van der Waals surface area (Å²) >= 11 is 3.23. The summed E-state index contributed by atoms with van der Waals surface area (Å²) in [7, 11) is 1.62. The minimum atomic E-state index is -0.505. The number of hydrogen-bond donors (Lipinski definition) is 1. The van der Waals surface area contributed by atoms with Crippen LogP contribution in [0.3, 0.4) is 0 Å². The van der Waals surface area contributed by atoms with E-state index in [2.05, 4.69) is 45.1 Å². The summed E-state index contributed by atoms with van der Waals surface area (Å²) in [6.45, 7) is 8.76. The standard InChI is InChI=1S/C10H11BrFN3O.C7H5NO3.C3H8.C2H6/c1-13-10-14-7(4-5-16-10)9-6(12)2-3-8(11)15-9;9-5-6-1-3-7(4-2-6)8(10)11;1-3-2;1-2/h2-3,7H,4-5H2,1H3,(H,13,14);1-5H;3H2,1-2H3;1-2H3. The minimum absolute atomic E-state index is 0.00407. The second-order valence-corrected chi connectivity index (χ2v) is 6.85. The number of rotatable bonds is 3. The highest BCUT2D eigenvalue weighted by atomic mass is 79.9.